The Labute approximate surface area is 75.1 Å². The molecule has 0 aromatic carbocycles. The highest BCUT2D eigenvalue weighted by Gasteiger charge is 2.06. The molecule has 0 aromatic heterocycles. The van der Waals surface area contributed by atoms with Gasteiger partial charge in [0.15, 0.2) is 0 Å². The summed E-state index contributed by atoms with van der Waals surface area (Å²) in [5.74, 6) is -0.657. The van der Waals surface area contributed by atoms with Gasteiger partial charge in [-0.05, 0) is 11.1 Å². The van der Waals surface area contributed by atoms with Gasteiger partial charge in [0.1, 0.15) is 0 Å². The summed E-state index contributed by atoms with van der Waals surface area (Å²) in [6.45, 7) is 0. The molecule has 0 aromatic rings. The summed E-state index contributed by atoms with van der Waals surface area (Å²) in [6.07, 6.45) is 2.39. The van der Waals surface area contributed by atoms with E-state index < -0.39 is 0 Å². The van der Waals surface area contributed by atoms with Gasteiger partial charge in [0.25, 0.3) is 11.8 Å². The van der Waals surface area contributed by atoms with E-state index in [-0.39, 0.29) is 11.8 Å². The molecule has 0 unspecified atom stereocenters. The lowest BCUT2D eigenvalue weighted by Crippen LogP contribution is -2.19. The van der Waals surface area contributed by atoms with Crippen molar-refractivity contribution in [2.75, 3.05) is 0 Å². The zero-order valence-electron chi connectivity index (χ0n) is 6.78. The predicted octanol–water partition coefficient (Wildman–Crippen LogP) is 0.866. The number of amides is 2. The molecule has 0 saturated carbocycles. The zero-order chi connectivity index (χ0) is 9.26. The first kappa shape index (κ1) is 7.73. The molecule has 3 rings (SSSR count). The fourth-order valence-corrected chi connectivity index (χ4v) is 1.02. The Morgan fingerprint density at radius 1 is 0.769 bits per heavy atom. The molecule has 2 aliphatic carbocycles. The van der Waals surface area contributed by atoms with Crippen LogP contribution >= 0.6 is 0 Å². The summed E-state index contributed by atoms with van der Waals surface area (Å²) < 4.78 is 0. The number of carbonyl (C=O) groups is 2. The molecule has 3 aliphatic rings. The molecular formula is C10H7NO2. The van der Waals surface area contributed by atoms with E-state index in [1.54, 1.807) is 0 Å². The lowest BCUT2D eigenvalue weighted by atomic mass is 9.95. The second kappa shape index (κ2) is 2.86. The highest BCUT2D eigenvalue weighted by atomic mass is 16.2. The van der Waals surface area contributed by atoms with E-state index in [2.05, 4.69) is 24.3 Å². The Kier molecular flexibility index (Phi) is 1.70. The summed E-state index contributed by atoms with van der Waals surface area (Å²) in [5, 5.41) is 2.03. The maximum atomic E-state index is 10.0. The summed E-state index contributed by atoms with van der Waals surface area (Å²) in [4.78, 5) is 20.1. The van der Waals surface area contributed by atoms with E-state index >= 15 is 0 Å². The average Bonchev–Trinajstić information content (AvgIpc) is 2.43. The first-order valence-electron chi connectivity index (χ1n) is 3.89. The predicted molar refractivity (Wildman–Crippen MR) is 47.7 cm³/mol. The molecule has 0 bridgehead atoms. The van der Waals surface area contributed by atoms with Crippen LogP contribution in [0.15, 0.2) is 36.4 Å². The second-order valence-corrected chi connectivity index (χ2v) is 2.76. The molecule has 1 aliphatic heterocycles. The van der Waals surface area contributed by atoms with Gasteiger partial charge in [0.2, 0.25) is 0 Å². The molecular weight excluding hydrogens is 166 g/mol. The van der Waals surface area contributed by atoms with Gasteiger partial charge in [-0.2, -0.15) is 0 Å². The van der Waals surface area contributed by atoms with Crippen LogP contribution in [-0.4, -0.2) is 11.8 Å². The number of benzene rings is 1. The molecule has 3 nitrogen and oxygen atoms in total. The molecule has 13 heavy (non-hydrogen) atoms. The number of hydrogen-bond acceptors (Lipinski definition) is 2. The quantitative estimate of drug-likeness (QED) is 0.601. The third kappa shape index (κ3) is 1.49. The fraction of sp³-hybridized carbons (Fsp3) is 0. The third-order valence-corrected chi connectivity index (χ3v) is 1.85. The Balaban J connectivity index is 0.000000101. The maximum absolute atomic E-state index is 10.0. The van der Waals surface area contributed by atoms with Gasteiger partial charge >= 0.3 is 0 Å². The van der Waals surface area contributed by atoms with Crippen molar-refractivity contribution in [1.82, 2.24) is 5.32 Å². The molecule has 0 radical (unpaired) electrons. The number of fused-ring (bicyclic) bond motifs is 1. The zero-order valence-corrected chi connectivity index (χ0v) is 6.78. The highest BCUT2D eigenvalue weighted by molar-refractivity contribution is 6.12. The standard InChI is InChI=1S/C6H4.C4H3NO2/c1-2-6-4-3-5(1)6;6-3-1-2-4(7)5-3/h1-4H;1-2H,(H,5,6,7). The lowest BCUT2D eigenvalue weighted by molar-refractivity contribution is -0.123. The van der Waals surface area contributed by atoms with Crippen LogP contribution in [0.1, 0.15) is 0 Å². The lowest BCUT2D eigenvalue weighted by Gasteiger charge is -2.10. The van der Waals surface area contributed by atoms with Crippen LogP contribution in [0.3, 0.4) is 0 Å². The highest BCUT2D eigenvalue weighted by Crippen LogP contribution is 2.29. The van der Waals surface area contributed by atoms with Crippen LogP contribution in [0.25, 0.3) is 11.1 Å². The Morgan fingerprint density at radius 2 is 1.15 bits per heavy atom. The molecule has 1 N–H and O–H groups in total. The molecule has 1 heterocycles. The molecule has 0 spiro atoms. The van der Waals surface area contributed by atoms with Crippen molar-refractivity contribution in [3.63, 3.8) is 0 Å². The smallest absolute Gasteiger partial charge is 0.250 e. The van der Waals surface area contributed by atoms with Crippen LogP contribution in [0.2, 0.25) is 0 Å². The Hall–Kier alpha value is -1.90. The van der Waals surface area contributed by atoms with Crippen molar-refractivity contribution < 1.29 is 9.59 Å². The van der Waals surface area contributed by atoms with Gasteiger partial charge in [-0.15, -0.1) is 0 Å². The molecule has 2 amide bonds. The summed E-state index contributed by atoms with van der Waals surface area (Å²) >= 11 is 0. The number of rotatable bonds is 0. The molecule has 0 fully saturated rings. The third-order valence-electron chi connectivity index (χ3n) is 1.85. The summed E-state index contributed by atoms with van der Waals surface area (Å²) in [5.41, 5.74) is 2.85. The number of imide groups is 1. The van der Waals surface area contributed by atoms with Crippen LogP contribution < -0.4 is 5.32 Å². The van der Waals surface area contributed by atoms with Crippen molar-refractivity contribution in [2.24, 2.45) is 0 Å². The molecule has 3 heteroatoms. The van der Waals surface area contributed by atoms with E-state index in [1.807, 2.05) is 5.32 Å². The summed E-state index contributed by atoms with van der Waals surface area (Å²) in [7, 11) is 0. The van der Waals surface area contributed by atoms with Crippen molar-refractivity contribution >= 4 is 11.8 Å². The van der Waals surface area contributed by atoms with Gasteiger partial charge in [0, 0.05) is 12.2 Å². The van der Waals surface area contributed by atoms with E-state index in [0.717, 1.165) is 0 Å². The summed E-state index contributed by atoms with van der Waals surface area (Å²) in [6, 6.07) is 8.48. The molecule has 0 atom stereocenters. The number of hydrogen-bond donors (Lipinski definition) is 1. The molecule has 0 saturated heterocycles. The Bertz CT molecular complexity index is 353. The van der Waals surface area contributed by atoms with E-state index in [4.69, 9.17) is 0 Å². The van der Waals surface area contributed by atoms with Gasteiger partial charge in [-0.1, -0.05) is 24.3 Å². The largest absolute Gasteiger partial charge is 0.289 e. The van der Waals surface area contributed by atoms with E-state index in [9.17, 15) is 9.59 Å². The number of carbonyl (C=O) groups excluding carboxylic acids is 2. The van der Waals surface area contributed by atoms with E-state index in [0.29, 0.717) is 0 Å². The van der Waals surface area contributed by atoms with Gasteiger partial charge in [-0.3, -0.25) is 14.9 Å². The minimum absolute atomic E-state index is 0.329. The van der Waals surface area contributed by atoms with Crippen molar-refractivity contribution in [3.8, 4) is 11.1 Å². The Morgan fingerprint density at radius 3 is 1.23 bits per heavy atom. The van der Waals surface area contributed by atoms with Gasteiger partial charge in [0.05, 0.1) is 0 Å². The topological polar surface area (TPSA) is 46.2 Å². The minimum Gasteiger partial charge on any atom is -0.289 e. The van der Waals surface area contributed by atoms with Gasteiger partial charge in [-0.25, -0.2) is 0 Å². The van der Waals surface area contributed by atoms with Crippen LogP contribution in [0, 0.1) is 0 Å². The molecule has 64 valence electrons. The fourth-order valence-electron chi connectivity index (χ4n) is 1.02. The second-order valence-electron chi connectivity index (χ2n) is 2.76. The van der Waals surface area contributed by atoms with Crippen LogP contribution in [0.5, 0.6) is 0 Å². The van der Waals surface area contributed by atoms with E-state index in [1.165, 1.54) is 23.3 Å². The first-order valence-corrected chi connectivity index (χ1v) is 3.89. The monoisotopic (exact) mass is 173 g/mol. The van der Waals surface area contributed by atoms with Gasteiger partial charge < -0.3 is 0 Å². The van der Waals surface area contributed by atoms with Crippen molar-refractivity contribution in [3.05, 3.63) is 36.4 Å². The van der Waals surface area contributed by atoms with Crippen molar-refractivity contribution in [2.45, 2.75) is 0 Å². The van der Waals surface area contributed by atoms with Crippen LogP contribution in [0.4, 0.5) is 0 Å². The van der Waals surface area contributed by atoms with Crippen LogP contribution in [-0.2, 0) is 9.59 Å². The SMILES string of the molecule is O=C1C=CC(=O)N1.c1cc2ccc1-2. The first-order chi connectivity index (χ1) is 6.25. The normalized spacial score (nSPS) is 14.8. The average molecular weight is 173 g/mol. The van der Waals surface area contributed by atoms with Crippen molar-refractivity contribution in [1.29, 1.82) is 0 Å². The maximum Gasteiger partial charge on any atom is 0.250 e. The minimum atomic E-state index is -0.329. The number of nitrogens with one attached hydrogen (secondary N) is 1.